The Hall–Kier alpha value is -0.597. The van der Waals surface area contributed by atoms with Gasteiger partial charge >= 0.3 is 11.9 Å². The minimum atomic E-state index is -0.933. The van der Waals surface area contributed by atoms with Crippen molar-refractivity contribution in [2.24, 2.45) is 22.9 Å². The topological polar surface area (TPSA) is 179 Å². The molecular formula is C12H28N4O4Zn. The first-order chi connectivity index (χ1) is 9.36. The summed E-state index contributed by atoms with van der Waals surface area (Å²) in [5.41, 5.74) is 20.8. The monoisotopic (exact) mass is 356 g/mol. The van der Waals surface area contributed by atoms with Gasteiger partial charge in [0.05, 0.1) is 0 Å². The van der Waals surface area contributed by atoms with E-state index in [4.69, 9.17) is 33.1 Å². The third kappa shape index (κ3) is 19.4. The predicted molar refractivity (Wildman–Crippen MR) is 77.0 cm³/mol. The second-order valence-corrected chi connectivity index (χ2v) is 4.46. The molecule has 0 aliphatic heterocycles. The zero-order valence-electron chi connectivity index (χ0n) is 12.5. The van der Waals surface area contributed by atoms with E-state index < -0.39 is 24.0 Å². The molecule has 0 aliphatic carbocycles. The quantitative estimate of drug-likeness (QED) is 0.214. The van der Waals surface area contributed by atoms with Crippen LogP contribution < -0.4 is 22.9 Å². The van der Waals surface area contributed by atoms with Crippen LogP contribution in [0.2, 0.25) is 0 Å². The van der Waals surface area contributed by atoms with Gasteiger partial charge in [-0.05, 0) is 38.8 Å². The van der Waals surface area contributed by atoms with Gasteiger partial charge in [0.25, 0.3) is 0 Å². The molecule has 0 saturated carbocycles. The maximum absolute atomic E-state index is 10.1. The molecular weight excluding hydrogens is 330 g/mol. The van der Waals surface area contributed by atoms with Crippen LogP contribution in [0.1, 0.15) is 38.5 Å². The SMILES string of the molecule is NCCCC[C@H](N)C(=O)O.NCCCC[C@H](N)C(=O)O.[Zn]. The van der Waals surface area contributed by atoms with Gasteiger partial charge in [-0.15, -0.1) is 0 Å². The summed E-state index contributed by atoms with van der Waals surface area (Å²) >= 11 is 0. The first-order valence-corrected chi connectivity index (χ1v) is 6.73. The summed E-state index contributed by atoms with van der Waals surface area (Å²) in [6.45, 7) is 1.21. The molecule has 0 radical (unpaired) electrons. The van der Waals surface area contributed by atoms with E-state index in [0.29, 0.717) is 25.9 Å². The van der Waals surface area contributed by atoms with Crippen molar-refractivity contribution in [3.05, 3.63) is 0 Å². The minimum Gasteiger partial charge on any atom is -0.480 e. The van der Waals surface area contributed by atoms with Gasteiger partial charge in [0, 0.05) is 19.5 Å². The second kappa shape index (κ2) is 17.5. The molecule has 9 heteroatoms. The molecule has 0 saturated heterocycles. The summed E-state index contributed by atoms with van der Waals surface area (Å²) in [5, 5.41) is 16.7. The van der Waals surface area contributed by atoms with Gasteiger partial charge < -0.3 is 33.1 Å². The van der Waals surface area contributed by atoms with Crippen LogP contribution in [0.15, 0.2) is 0 Å². The van der Waals surface area contributed by atoms with Crippen molar-refractivity contribution in [2.45, 2.75) is 50.6 Å². The summed E-state index contributed by atoms with van der Waals surface area (Å²) in [6, 6.07) is -1.43. The molecule has 0 rings (SSSR count). The van der Waals surface area contributed by atoms with Crippen LogP contribution in [-0.2, 0) is 29.1 Å². The molecule has 10 N–H and O–H groups in total. The number of carboxylic acids is 2. The van der Waals surface area contributed by atoms with E-state index in [1.807, 2.05) is 0 Å². The largest absolute Gasteiger partial charge is 0.480 e. The van der Waals surface area contributed by atoms with Gasteiger partial charge in [0.2, 0.25) is 0 Å². The molecule has 8 nitrogen and oxygen atoms in total. The Morgan fingerprint density at radius 1 is 0.762 bits per heavy atom. The number of rotatable bonds is 10. The average molecular weight is 358 g/mol. The van der Waals surface area contributed by atoms with E-state index in [2.05, 4.69) is 0 Å². The fourth-order valence-corrected chi connectivity index (χ4v) is 1.26. The van der Waals surface area contributed by atoms with E-state index in [1.54, 1.807) is 0 Å². The van der Waals surface area contributed by atoms with Gasteiger partial charge in [-0.1, -0.05) is 12.8 Å². The molecule has 0 heterocycles. The Morgan fingerprint density at radius 3 is 1.24 bits per heavy atom. The van der Waals surface area contributed by atoms with E-state index in [9.17, 15) is 9.59 Å². The third-order valence-corrected chi connectivity index (χ3v) is 2.57. The van der Waals surface area contributed by atoms with E-state index in [0.717, 1.165) is 25.7 Å². The standard InChI is InChI=1S/2C6H14N2O2.Zn/c2*7-4-2-1-3-5(8)6(9)10;/h2*5H,1-4,7-8H2,(H,9,10);/t2*5-;/m00./s1. The zero-order valence-corrected chi connectivity index (χ0v) is 15.5. The Kier molecular flexibility index (Phi) is 21.1. The molecule has 0 fully saturated rings. The van der Waals surface area contributed by atoms with Crippen LogP contribution in [0.25, 0.3) is 0 Å². The van der Waals surface area contributed by atoms with Gasteiger partial charge in [-0.25, -0.2) is 0 Å². The zero-order chi connectivity index (χ0) is 16.0. The molecule has 0 unspecified atom stereocenters. The van der Waals surface area contributed by atoms with Crippen molar-refractivity contribution in [3.63, 3.8) is 0 Å². The first-order valence-electron chi connectivity index (χ1n) is 6.73. The molecule has 0 amide bonds. The van der Waals surface area contributed by atoms with Crippen molar-refractivity contribution in [3.8, 4) is 0 Å². The van der Waals surface area contributed by atoms with Crippen LogP contribution in [-0.4, -0.2) is 47.3 Å². The molecule has 0 bridgehead atoms. The molecule has 0 aromatic heterocycles. The summed E-state index contributed by atoms with van der Waals surface area (Å²) in [7, 11) is 0. The molecule has 122 valence electrons. The Morgan fingerprint density at radius 2 is 1.05 bits per heavy atom. The van der Waals surface area contributed by atoms with Crippen LogP contribution >= 0.6 is 0 Å². The number of carboxylic acid groups (broad SMARTS) is 2. The molecule has 2 atom stereocenters. The van der Waals surface area contributed by atoms with Crippen molar-refractivity contribution < 1.29 is 39.3 Å². The average Bonchev–Trinajstić information content (AvgIpc) is 2.39. The fourth-order valence-electron chi connectivity index (χ4n) is 1.26. The summed E-state index contributed by atoms with van der Waals surface area (Å²) in [5.74, 6) is -1.87. The van der Waals surface area contributed by atoms with Crippen LogP contribution in [0.4, 0.5) is 0 Å². The van der Waals surface area contributed by atoms with Crippen LogP contribution in [0, 0.1) is 0 Å². The molecule has 0 aromatic carbocycles. The summed E-state index contributed by atoms with van der Waals surface area (Å²) in [4.78, 5) is 20.3. The second-order valence-electron chi connectivity index (χ2n) is 4.46. The number of unbranched alkanes of at least 4 members (excludes halogenated alkanes) is 2. The van der Waals surface area contributed by atoms with E-state index in [-0.39, 0.29) is 19.5 Å². The smallest absolute Gasteiger partial charge is 0.320 e. The normalized spacial score (nSPS) is 12.4. The first kappa shape index (κ1) is 25.4. The third-order valence-electron chi connectivity index (χ3n) is 2.57. The van der Waals surface area contributed by atoms with Crippen molar-refractivity contribution in [2.75, 3.05) is 13.1 Å². The van der Waals surface area contributed by atoms with Crippen molar-refractivity contribution in [1.29, 1.82) is 0 Å². The van der Waals surface area contributed by atoms with Gasteiger partial charge in [0.15, 0.2) is 0 Å². The molecule has 0 spiro atoms. The molecule has 21 heavy (non-hydrogen) atoms. The predicted octanol–water partition coefficient (Wildman–Crippen LogP) is -0.948. The van der Waals surface area contributed by atoms with Crippen LogP contribution in [0.5, 0.6) is 0 Å². The number of nitrogens with two attached hydrogens (primary N) is 4. The maximum Gasteiger partial charge on any atom is 0.320 e. The van der Waals surface area contributed by atoms with Gasteiger partial charge in [-0.3, -0.25) is 9.59 Å². The van der Waals surface area contributed by atoms with Crippen molar-refractivity contribution >= 4 is 11.9 Å². The van der Waals surface area contributed by atoms with Crippen LogP contribution in [0.3, 0.4) is 0 Å². The summed E-state index contributed by atoms with van der Waals surface area (Å²) < 4.78 is 0. The van der Waals surface area contributed by atoms with E-state index in [1.165, 1.54) is 0 Å². The van der Waals surface area contributed by atoms with E-state index >= 15 is 0 Å². The fraction of sp³-hybridized carbons (Fsp3) is 0.833. The number of hydrogen-bond donors (Lipinski definition) is 6. The maximum atomic E-state index is 10.1. The Labute approximate surface area is 138 Å². The Bertz CT molecular complexity index is 244. The van der Waals surface area contributed by atoms with Gasteiger partial charge in [-0.2, -0.15) is 0 Å². The minimum absolute atomic E-state index is 0. The number of hydrogen-bond acceptors (Lipinski definition) is 6. The van der Waals surface area contributed by atoms with Gasteiger partial charge in [0.1, 0.15) is 12.1 Å². The number of carbonyl (C=O) groups is 2. The molecule has 0 aliphatic rings. The van der Waals surface area contributed by atoms with Crippen molar-refractivity contribution in [1.82, 2.24) is 0 Å². The number of aliphatic carboxylic acids is 2. The molecule has 0 aromatic rings. The Balaban J connectivity index is -0.000000295. The summed E-state index contributed by atoms with van der Waals surface area (Å²) in [6.07, 6.45) is 4.33.